The summed E-state index contributed by atoms with van der Waals surface area (Å²) in [5, 5.41) is 2.53. The van der Waals surface area contributed by atoms with Crippen LogP contribution in [0.1, 0.15) is 37.4 Å². The molecule has 0 aliphatic rings. The van der Waals surface area contributed by atoms with E-state index in [1.54, 1.807) is 0 Å². The first-order chi connectivity index (χ1) is 8.91. The van der Waals surface area contributed by atoms with Gasteiger partial charge in [-0.2, -0.15) is 0 Å². The molecule has 2 rings (SSSR count). The van der Waals surface area contributed by atoms with Gasteiger partial charge in [-0.25, -0.2) is 0 Å². The maximum absolute atomic E-state index is 6.32. The van der Waals surface area contributed by atoms with Crippen molar-refractivity contribution in [2.45, 2.75) is 33.2 Å². The number of hydrogen-bond acceptors (Lipinski definition) is 2. The van der Waals surface area contributed by atoms with Crippen LogP contribution in [0.25, 0.3) is 10.8 Å². The summed E-state index contributed by atoms with van der Waals surface area (Å²) >= 11 is 0. The third-order valence-electron chi connectivity index (χ3n) is 3.77. The molecule has 0 aliphatic heterocycles. The predicted octanol–water partition coefficient (Wildman–Crippen LogP) is 3.52. The zero-order valence-electron chi connectivity index (χ0n) is 12.1. The first-order valence-electron chi connectivity index (χ1n) is 6.87. The molecule has 1 unspecified atom stereocenters. The Hall–Kier alpha value is -1.38. The van der Waals surface area contributed by atoms with Gasteiger partial charge in [0.1, 0.15) is 0 Å². The van der Waals surface area contributed by atoms with Crippen LogP contribution in [0, 0.1) is 12.3 Å². The molecular formula is C17H24N2. The highest BCUT2D eigenvalue weighted by Gasteiger charge is 2.20. The molecule has 2 heteroatoms. The molecule has 0 bridgehead atoms. The van der Waals surface area contributed by atoms with Crippen molar-refractivity contribution in [3.05, 3.63) is 47.5 Å². The Morgan fingerprint density at radius 1 is 1.05 bits per heavy atom. The Morgan fingerprint density at radius 2 is 1.68 bits per heavy atom. The molecule has 1 atom stereocenters. The second-order valence-electron chi connectivity index (χ2n) is 6.29. The molecule has 0 amide bonds. The Balaban J connectivity index is 2.28. The van der Waals surface area contributed by atoms with Crippen LogP contribution in [0.4, 0.5) is 0 Å². The summed E-state index contributed by atoms with van der Waals surface area (Å²) in [4.78, 5) is 0. The second kappa shape index (κ2) is 5.32. The van der Waals surface area contributed by atoms with E-state index in [1.165, 1.54) is 21.9 Å². The Kier molecular flexibility index (Phi) is 3.93. The molecule has 2 aromatic carbocycles. The van der Waals surface area contributed by atoms with E-state index in [0.717, 1.165) is 6.42 Å². The molecule has 2 nitrogen and oxygen atoms in total. The van der Waals surface area contributed by atoms with Gasteiger partial charge in [-0.3, -0.25) is 0 Å². The summed E-state index contributed by atoms with van der Waals surface area (Å²) in [6, 6.07) is 13.0. The maximum atomic E-state index is 6.32. The lowest BCUT2D eigenvalue weighted by molar-refractivity contribution is 0.317. The van der Waals surface area contributed by atoms with Gasteiger partial charge in [0.05, 0.1) is 0 Å². The summed E-state index contributed by atoms with van der Waals surface area (Å²) in [5.41, 5.74) is 14.7. The van der Waals surface area contributed by atoms with Crippen LogP contribution in [0.5, 0.6) is 0 Å². The van der Waals surface area contributed by atoms with Gasteiger partial charge in [-0.15, -0.1) is 0 Å². The van der Waals surface area contributed by atoms with Crippen LogP contribution in [0.2, 0.25) is 0 Å². The highest BCUT2D eigenvalue weighted by Crippen LogP contribution is 2.29. The monoisotopic (exact) mass is 256 g/mol. The van der Waals surface area contributed by atoms with Crippen LogP contribution < -0.4 is 11.5 Å². The number of rotatable bonds is 4. The van der Waals surface area contributed by atoms with Crippen molar-refractivity contribution in [3.63, 3.8) is 0 Å². The largest absolute Gasteiger partial charge is 0.330 e. The van der Waals surface area contributed by atoms with Gasteiger partial charge in [-0.1, -0.05) is 49.7 Å². The number of nitrogens with two attached hydrogens (primary N) is 2. The van der Waals surface area contributed by atoms with E-state index in [0.29, 0.717) is 6.54 Å². The fraction of sp³-hybridized carbons (Fsp3) is 0.412. The fourth-order valence-corrected chi connectivity index (χ4v) is 2.41. The van der Waals surface area contributed by atoms with Crippen molar-refractivity contribution in [2.24, 2.45) is 16.9 Å². The van der Waals surface area contributed by atoms with E-state index in [-0.39, 0.29) is 11.5 Å². The highest BCUT2D eigenvalue weighted by atomic mass is 14.7. The van der Waals surface area contributed by atoms with Gasteiger partial charge in [0, 0.05) is 6.04 Å². The average Bonchev–Trinajstić information content (AvgIpc) is 2.37. The van der Waals surface area contributed by atoms with Crippen LogP contribution >= 0.6 is 0 Å². The van der Waals surface area contributed by atoms with Crippen molar-refractivity contribution in [2.75, 3.05) is 6.54 Å². The molecule has 2 aromatic rings. The van der Waals surface area contributed by atoms with Crippen molar-refractivity contribution < 1.29 is 0 Å². The normalized spacial score (nSPS) is 13.7. The van der Waals surface area contributed by atoms with Gasteiger partial charge in [0.15, 0.2) is 0 Å². The lowest BCUT2D eigenvalue weighted by Crippen LogP contribution is -2.28. The molecular weight excluding hydrogens is 232 g/mol. The minimum absolute atomic E-state index is 0.0456. The van der Waals surface area contributed by atoms with Crippen LogP contribution in [-0.4, -0.2) is 6.54 Å². The van der Waals surface area contributed by atoms with Crippen molar-refractivity contribution in [1.29, 1.82) is 0 Å². The number of hydrogen-bond donors (Lipinski definition) is 2. The maximum Gasteiger partial charge on any atom is 0.0300 e. The Bertz CT molecular complexity index is 572. The fourth-order valence-electron chi connectivity index (χ4n) is 2.41. The number of benzene rings is 2. The van der Waals surface area contributed by atoms with Gasteiger partial charge >= 0.3 is 0 Å². The molecule has 19 heavy (non-hydrogen) atoms. The summed E-state index contributed by atoms with van der Waals surface area (Å²) in [5.74, 6) is 0. The third kappa shape index (κ3) is 3.34. The minimum Gasteiger partial charge on any atom is -0.330 e. The second-order valence-corrected chi connectivity index (χ2v) is 6.29. The van der Waals surface area contributed by atoms with E-state index in [4.69, 9.17) is 11.5 Å². The molecule has 0 fully saturated rings. The molecule has 0 heterocycles. The Labute approximate surface area is 115 Å². The molecule has 0 radical (unpaired) electrons. The van der Waals surface area contributed by atoms with Gasteiger partial charge in [-0.05, 0) is 47.7 Å². The standard InChI is InChI=1S/C17H24N2/c1-12-4-5-14-9-15(7-6-13(14)8-12)16(19)10-17(2,3)11-18/h4-9,16H,10-11,18-19H2,1-3H3. The summed E-state index contributed by atoms with van der Waals surface area (Å²) in [6.07, 6.45) is 0.904. The molecule has 4 N–H and O–H groups in total. The van der Waals surface area contributed by atoms with E-state index in [9.17, 15) is 0 Å². The number of aryl methyl sites for hydroxylation is 1. The summed E-state index contributed by atoms with van der Waals surface area (Å²) in [6.45, 7) is 7.10. The first-order valence-corrected chi connectivity index (χ1v) is 6.87. The van der Waals surface area contributed by atoms with Crippen LogP contribution in [-0.2, 0) is 0 Å². The third-order valence-corrected chi connectivity index (χ3v) is 3.77. The smallest absolute Gasteiger partial charge is 0.0300 e. The lowest BCUT2D eigenvalue weighted by Gasteiger charge is -2.26. The topological polar surface area (TPSA) is 52.0 Å². The Morgan fingerprint density at radius 3 is 2.37 bits per heavy atom. The quantitative estimate of drug-likeness (QED) is 0.879. The average molecular weight is 256 g/mol. The van der Waals surface area contributed by atoms with Gasteiger partial charge < -0.3 is 11.5 Å². The van der Waals surface area contributed by atoms with Crippen molar-refractivity contribution >= 4 is 10.8 Å². The lowest BCUT2D eigenvalue weighted by atomic mass is 9.83. The van der Waals surface area contributed by atoms with E-state index >= 15 is 0 Å². The summed E-state index contributed by atoms with van der Waals surface area (Å²) in [7, 11) is 0. The summed E-state index contributed by atoms with van der Waals surface area (Å²) < 4.78 is 0. The molecule has 0 saturated carbocycles. The van der Waals surface area contributed by atoms with E-state index in [1.807, 2.05) is 0 Å². The van der Waals surface area contributed by atoms with Gasteiger partial charge in [0.25, 0.3) is 0 Å². The molecule has 102 valence electrons. The molecule has 0 aliphatic carbocycles. The SMILES string of the molecule is Cc1ccc2cc(C(N)CC(C)(C)CN)ccc2c1. The number of fused-ring (bicyclic) bond motifs is 1. The minimum atomic E-state index is 0.0456. The van der Waals surface area contributed by atoms with Gasteiger partial charge in [0.2, 0.25) is 0 Å². The zero-order valence-corrected chi connectivity index (χ0v) is 12.1. The molecule has 0 aromatic heterocycles. The van der Waals surface area contributed by atoms with Crippen LogP contribution in [0.3, 0.4) is 0 Å². The molecule has 0 spiro atoms. The van der Waals surface area contributed by atoms with Crippen molar-refractivity contribution in [1.82, 2.24) is 0 Å². The van der Waals surface area contributed by atoms with E-state index < -0.39 is 0 Å². The van der Waals surface area contributed by atoms with Crippen LogP contribution in [0.15, 0.2) is 36.4 Å². The van der Waals surface area contributed by atoms with Crippen molar-refractivity contribution in [3.8, 4) is 0 Å². The zero-order chi connectivity index (χ0) is 14.0. The predicted molar refractivity (Wildman–Crippen MR) is 83.1 cm³/mol. The molecule has 0 saturated heterocycles. The van der Waals surface area contributed by atoms with E-state index in [2.05, 4.69) is 57.2 Å². The highest BCUT2D eigenvalue weighted by molar-refractivity contribution is 5.83. The first kappa shape index (κ1) is 14.0.